The van der Waals surface area contributed by atoms with Crippen LogP contribution in [-0.2, 0) is 26.0 Å². The second kappa shape index (κ2) is 4.34. The molecule has 1 aromatic rings. The van der Waals surface area contributed by atoms with Gasteiger partial charge in [0.15, 0.2) is 9.84 Å². The number of ether oxygens (including phenoxy) is 1. The summed E-state index contributed by atoms with van der Waals surface area (Å²) in [5, 5.41) is 9.03. The van der Waals surface area contributed by atoms with E-state index in [0.29, 0.717) is 0 Å². The SMILES string of the molecule is CC(C(=O)O)c1ccc2c(c1S(C)(=O)=O)COC2=O. The summed E-state index contributed by atoms with van der Waals surface area (Å²) in [7, 11) is -3.66. The highest BCUT2D eigenvalue weighted by Gasteiger charge is 2.32. The summed E-state index contributed by atoms with van der Waals surface area (Å²) in [6, 6.07) is 2.77. The number of fused-ring (bicyclic) bond motifs is 1. The van der Waals surface area contributed by atoms with E-state index in [-0.39, 0.29) is 28.2 Å². The number of carbonyl (C=O) groups is 2. The third-order valence-electron chi connectivity index (χ3n) is 3.07. The minimum absolute atomic E-state index is 0.106. The lowest BCUT2D eigenvalue weighted by Crippen LogP contribution is -2.14. The Morgan fingerprint density at radius 2 is 2.05 bits per heavy atom. The molecule has 2 rings (SSSR count). The van der Waals surface area contributed by atoms with Gasteiger partial charge in [0.1, 0.15) is 6.61 Å². The van der Waals surface area contributed by atoms with Gasteiger partial charge in [0, 0.05) is 11.8 Å². The Balaban J connectivity index is 2.78. The molecular formula is C12H12O6S. The number of sulfone groups is 1. The molecule has 0 spiro atoms. The molecule has 1 aliphatic heterocycles. The summed E-state index contributed by atoms with van der Waals surface area (Å²) in [6.07, 6.45) is 0.990. The number of carboxylic acids is 1. The van der Waals surface area contributed by atoms with Gasteiger partial charge < -0.3 is 9.84 Å². The van der Waals surface area contributed by atoms with E-state index >= 15 is 0 Å². The topological polar surface area (TPSA) is 97.7 Å². The Kier molecular flexibility index (Phi) is 3.09. The van der Waals surface area contributed by atoms with Crippen molar-refractivity contribution in [2.24, 2.45) is 0 Å². The molecular weight excluding hydrogens is 272 g/mol. The first-order chi connectivity index (χ1) is 8.73. The number of carboxylic acid groups (broad SMARTS) is 1. The van der Waals surface area contributed by atoms with Crippen molar-refractivity contribution in [1.29, 1.82) is 0 Å². The standard InChI is InChI=1S/C12H12O6S/c1-6(11(13)14)7-3-4-8-9(5-18-12(8)15)10(7)19(2,16)17/h3-4,6H,5H2,1-2H3,(H,13,14). The molecule has 6 nitrogen and oxygen atoms in total. The van der Waals surface area contributed by atoms with Gasteiger partial charge in [-0.15, -0.1) is 0 Å². The van der Waals surface area contributed by atoms with E-state index in [4.69, 9.17) is 9.84 Å². The number of carbonyl (C=O) groups excluding carboxylic acids is 1. The lowest BCUT2D eigenvalue weighted by atomic mass is 9.97. The molecule has 102 valence electrons. The lowest BCUT2D eigenvalue weighted by molar-refractivity contribution is -0.138. The van der Waals surface area contributed by atoms with Gasteiger partial charge in [0.2, 0.25) is 0 Å². The average molecular weight is 284 g/mol. The van der Waals surface area contributed by atoms with Gasteiger partial charge in [-0.1, -0.05) is 6.07 Å². The number of esters is 1. The molecule has 0 radical (unpaired) electrons. The smallest absolute Gasteiger partial charge is 0.338 e. The van der Waals surface area contributed by atoms with Crippen molar-refractivity contribution in [2.75, 3.05) is 6.26 Å². The first kappa shape index (κ1) is 13.5. The van der Waals surface area contributed by atoms with Crippen LogP contribution in [0.1, 0.15) is 34.3 Å². The van der Waals surface area contributed by atoms with Crippen molar-refractivity contribution in [1.82, 2.24) is 0 Å². The van der Waals surface area contributed by atoms with Gasteiger partial charge in [-0.2, -0.15) is 0 Å². The van der Waals surface area contributed by atoms with Crippen LogP contribution in [0.15, 0.2) is 17.0 Å². The molecule has 1 unspecified atom stereocenters. The van der Waals surface area contributed by atoms with Crippen LogP contribution in [0.4, 0.5) is 0 Å². The summed E-state index contributed by atoms with van der Waals surface area (Å²) in [5.74, 6) is -2.70. The summed E-state index contributed by atoms with van der Waals surface area (Å²) < 4.78 is 28.6. The van der Waals surface area contributed by atoms with Gasteiger partial charge >= 0.3 is 11.9 Å². The van der Waals surface area contributed by atoms with Gasteiger partial charge in [0.05, 0.1) is 16.4 Å². The van der Waals surface area contributed by atoms with Crippen LogP contribution in [-0.4, -0.2) is 31.7 Å². The summed E-state index contributed by atoms with van der Waals surface area (Å²) in [5.41, 5.74) is 0.604. The molecule has 1 atom stereocenters. The van der Waals surface area contributed by atoms with E-state index in [1.165, 1.54) is 19.1 Å². The minimum atomic E-state index is -3.66. The fraction of sp³-hybridized carbons (Fsp3) is 0.333. The Labute approximate surface area is 109 Å². The van der Waals surface area contributed by atoms with Crippen LogP contribution in [0.25, 0.3) is 0 Å². The molecule has 1 aromatic carbocycles. The number of hydrogen-bond acceptors (Lipinski definition) is 5. The van der Waals surface area contributed by atoms with E-state index in [0.717, 1.165) is 6.26 Å². The van der Waals surface area contributed by atoms with Crippen LogP contribution in [0.3, 0.4) is 0 Å². The monoisotopic (exact) mass is 284 g/mol. The summed E-state index contributed by atoms with van der Waals surface area (Å²) in [6.45, 7) is 1.26. The first-order valence-corrected chi connectivity index (χ1v) is 7.38. The molecule has 0 aromatic heterocycles. The zero-order valence-electron chi connectivity index (χ0n) is 10.3. The van der Waals surface area contributed by atoms with Crippen LogP contribution in [0.2, 0.25) is 0 Å². The van der Waals surface area contributed by atoms with Crippen molar-refractivity contribution in [3.05, 3.63) is 28.8 Å². The van der Waals surface area contributed by atoms with E-state index in [1.54, 1.807) is 0 Å². The maximum atomic E-state index is 11.9. The molecule has 0 bridgehead atoms. The lowest BCUT2D eigenvalue weighted by Gasteiger charge is -2.14. The summed E-state index contributed by atoms with van der Waals surface area (Å²) in [4.78, 5) is 22.4. The molecule has 7 heteroatoms. The molecule has 0 saturated heterocycles. The number of aliphatic carboxylic acids is 1. The van der Waals surface area contributed by atoms with Gasteiger partial charge in [-0.25, -0.2) is 13.2 Å². The summed E-state index contributed by atoms with van der Waals surface area (Å²) >= 11 is 0. The van der Waals surface area contributed by atoms with Crippen LogP contribution in [0.5, 0.6) is 0 Å². The zero-order valence-corrected chi connectivity index (χ0v) is 11.2. The van der Waals surface area contributed by atoms with Crippen molar-refractivity contribution in [3.63, 3.8) is 0 Å². The van der Waals surface area contributed by atoms with E-state index < -0.39 is 27.7 Å². The highest BCUT2D eigenvalue weighted by molar-refractivity contribution is 7.90. The molecule has 0 fully saturated rings. The van der Waals surface area contributed by atoms with E-state index in [9.17, 15) is 18.0 Å². The van der Waals surface area contributed by atoms with E-state index in [1.807, 2.05) is 0 Å². The molecule has 0 aliphatic carbocycles. The highest BCUT2D eigenvalue weighted by atomic mass is 32.2. The van der Waals surface area contributed by atoms with Gasteiger partial charge in [-0.05, 0) is 18.6 Å². The van der Waals surface area contributed by atoms with Crippen LogP contribution < -0.4 is 0 Å². The third kappa shape index (κ3) is 2.21. The molecule has 1 aliphatic rings. The quantitative estimate of drug-likeness (QED) is 0.830. The maximum absolute atomic E-state index is 11.9. The average Bonchev–Trinajstić information content (AvgIpc) is 2.67. The van der Waals surface area contributed by atoms with Crippen LogP contribution in [0, 0.1) is 0 Å². The largest absolute Gasteiger partial charge is 0.481 e. The normalized spacial score (nSPS) is 15.8. The number of cyclic esters (lactones) is 1. The Morgan fingerprint density at radius 1 is 1.42 bits per heavy atom. The predicted octanol–water partition coefficient (Wildman–Crippen LogP) is 0.949. The highest BCUT2D eigenvalue weighted by Crippen LogP contribution is 2.33. The first-order valence-electron chi connectivity index (χ1n) is 5.49. The van der Waals surface area contributed by atoms with Crippen molar-refractivity contribution < 1.29 is 27.9 Å². The molecule has 19 heavy (non-hydrogen) atoms. The Bertz CT molecular complexity index is 674. The molecule has 1 heterocycles. The second-order valence-corrected chi connectivity index (χ2v) is 6.37. The molecule has 0 amide bonds. The fourth-order valence-corrected chi connectivity index (χ4v) is 3.40. The number of hydrogen-bond donors (Lipinski definition) is 1. The third-order valence-corrected chi connectivity index (χ3v) is 4.29. The van der Waals surface area contributed by atoms with Crippen molar-refractivity contribution >= 4 is 21.8 Å². The van der Waals surface area contributed by atoms with Crippen LogP contribution >= 0.6 is 0 Å². The predicted molar refractivity (Wildman–Crippen MR) is 64.7 cm³/mol. The fourth-order valence-electron chi connectivity index (χ4n) is 2.11. The molecule has 0 saturated carbocycles. The number of rotatable bonds is 3. The second-order valence-electron chi connectivity index (χ2n) is 4.42. The Hall–Kier alpha value is -1.89. The minimum Gasteiger partial charge on any atom is -0.481 e. The van der Waals surface area contributed by atoms with Gasteiger partial charge in [0.25, 0.3) is 0 Å². The zero-order chi connectivity index (χ0) is 14.4. The Morgan fingerprint density at radius 3 is 2.58 bits per heavy atom. The molecule has 1 N–H and O–H groups in total. The van der Waals surface area contributed by atoms with Gasteiger partial charge in [-0.3, -0.25) is 4.79 Å². The maximum Gasteiger partial charge on any atom is 0.338 e. The van der Waals surface area contributed by atoms with Crippen molar-refractivity contribution in [3.8, 4) is 0 Å². The van der Waals surface area contributed by atoms with E-state index in [2.05, 4.69) is 0 Å². The number of benzene rings is 1. The van der Waals surface area contributed by atoms with Crippen molar-refractivity contribution in [2.45, 2.75) is 24.3 Å².